The third-order valence-electron chi connectivity index (χ3n) is 13.1. The molecule has 1 heteroatoms. The third-order valence-corrected chi connectivity index (χ3v) is 13.5. The lowest BCUT2D eigenvalue weighted by atomic mass is 9.72. The Kier molecular flexibility index (Phi) is 10.4. The standard InChI is InChI=1S/C58H54S/c1-57(2,3)47-30-33-52-53-36-44(29-34-54(53)58(4,5)55(52)38-47)41-26-23-39(24-27-41)25-31-49(45-20-14-19-43(35-45)40-15-8-6-9-16-40)51-22-13-12-21-48(51)46-28-32-50(56(59)37-46)42-17-10-7-11-18-42/h6-21,23-24,26-30,32-38,49,51,59H,22,25,31H2,1-5H3. The molecule has 0 aliphatic heterocycles. The summed E-state index contributed by atoms with van der Waals surface area (Å²) >= 11 is 5.03. The van der Waals surface area contributed by atoms with Crippen molar-refractivity contribution < 1.29 is 0 Å². The Labute approximate surface area is 357 Å². The van der Waals surface area contributed by atoms with Gasteiger partial charge in [0.25, 0.3) is 0 Å². The highest BCUT2D eigenvalue weighted by molar-refractivity contribution is 7.80. The predicted octanol–water partition coefficient (Wildman–Crippen LogP) is 16.0. The molecule has 0 saturated heterocycles. The average molecular weight is 783 g/mol. The van der Waals surface area contributed by atoms with Gasteiger partial charge in [-0.1, -0.05) is 205 Å². The first kappa shape index (κ1) is 38.9. The van der Waals surface area contributed by atoms with E-state index in [0.717, 1.165) is 24.2 Å². The maximum atomic E-state index is 5.03. The lowest BCUT2D eigenvalue weighted by Crippen LogP contribution is -2.17. The molecule has 0 radical (unpaired) electrons. The molecule has 7 aromatic rings. The van der Waals surface area contributed by atoms with Crippen LogP contribution in [-0.2, 0) is 17.3 Å². The van der Waals surface area contributed by atoms with Gasteiger partial charge in [-0.15, -0.1) is 12.6 Å². The van der Waals surface area contributed by atoms with Crippen molar-refractivity contribution in [2.45, 2.75) is 75.5 Å². The van der Waals surface area contributed by atoms with Crippen LogP contribution >= 0.6 is 12.6 Å². The summed E-state index contributed by atoms with van der Waals surface area (Å²) in [6.07, 6.45) is 10.00. The number of rotatable bonds is 9. The van der Waals surface area contributed by atoms with Crippen molar-refractivity contribution in [1.82, 2.24) is 0 Å². The van der Waals surface area contributed by atoms with Crippen LogP contribution < -0.4 is 0 Å². The van der Waals surface area contributed by atoms with Crippen molar-refractivity contribution in [1.29, 1.82) is 0 Å². The van der Waals surface area contributed by atoms with E-state index in [1.807, 2.05) is 0 Å². The average Bonchev–Trinajstić information content (AvgIpc) is 3.49. The van der Waals surface area contributed by atoms with Crippen LogP contribution in [0.5, 0.6) is 0 Å². The molecule has 0 N–H and O–H groups in total. The molecule has 2 aliphatic carbocycles. The van der Waals surface area contributed by atoms with Gasteiger partial charge in [0, 0.05) is 10.3 Å². The highest BCUT2D eigenvalue weighted by Gasteiger charge is 2.36. The minimum absolute atomic E-state index is 0.0186. The summed E-state index contributed by atoms with van der Waals surface area (Å²) in [6.45, 7) is 11.7. The Morgan fingerprint density at radius 1 is 0.576 bits per heavy atom. The number of allylic oxidation sites excluding steroid dienone is 4. The van der Waals surface area contributed by atoms with Gasteiger partial charge >= 0.3 is 0 Å². The van der Waals surface area contributed by atoms with Crippen molar-refractivity contribution in [2.24, 2.45) is 5.92 Å². The maximum Gasteiger partial charge on any atom is 0.0158 e. The van der Waals surface area contributed by atoms with Crippen molar-refractivity contribution in [3.8, 4) is 44.5 Å². The van der Waals surface area contributed by atoms with Gasteiger partial charge in [0.1, 0.15) is 0 Å². The molecular formula is C58H54S. The summed E-state index contributed by atoms with van der Waals surface area (Å²) < 4.78 is 0. The second-order valence-corrected chi connectivity index (χ2v) is 18.7. The second-order valence-electron chi connectivity index (χ2n) is 18.2. The molecule has 0 saturated carbocycles. The van der Waals surface area contributed by atoms with E-state index < -0.39 is 0 Å². The van der Waals surface area contributed by atoms with Crippen molar-refractivity contribution >= 4 is 18.2 Å². The van der Waals surface area contributed by atoms with E-state index in [4.69, 9.17) is 12.6 Å². The lowest BCUT2D eigenvalue weighted by Gasteiger charge is -2.32. The van der Waals surface area contributed by atoms with Crippen LogP contribution in [0, 0.1) is 5.92 Å². The van der Waals surface area contributed by atoms with E-state index in [1.165, 1.54) is 83.5 Å². The second kappa shape index (κ2) is 15.9. The van der Waals surface area contributed by atoms with Gasteiger partial charge < -0.3 is 0 Å². The molecular weight excluding hydrogens is 729 g/mol. The van der Waals surface area contributed by atoms with Crippen LogP contribution in [0.1, 0.15) is 86.8 Å². The van der Waals surface area contributed by atoms with Crippen molar-refractivity contribution in [3.63, 3.8) is 0 Å². The van der Waals surface area contributed by atoms with Crippen LogP contribution in [0.25, 0.3) is 50.1 Å². The SMILES string of the molecule is CC(C)(C)c1ccc2c(c1)C(C)(C)c1ccc(-c3ccc(CCC(c4cccc(-c5ccccc5)c4)C4CC=CC=C4c4ccc(-c5ccccc5)c(S)c4)cc3)cc1-2. The molecule has 2 unspecified atom stereocenters. The fourth-order valence-corrected chi connectivity index (χ4v) is 10.0. The quantitative estimate of drug-likeness (QED) is 0.139. The molecule has 7 aromatic carbocycles. The van der Waals surface area contributed by atoms with Crippen LogP contribution in [0.15, 0.2) is 187 Å². The summed E-state index contributed by atoms with van der Waals surface area (Å²) in [7, 11) is 0. The van der Waals surface area contributed by atoms with Gasteiger partial charge in [0.15, 0.2) is 0 Å². The Hall–Kier alpha value is -5.63. The van der Waals surface area contributed by atoms with E-state index in [9.17, 15) is 0 Å². The van der Waals surface area contributed by atoms with E-state index in [0.29, 0.717) is 11.8 Å². The van der Waals surface area contributed by atoms with E-state index in [1.54, 1.807) is 0 Å². The zero-order valence-electron chi connectivity index (χ0n) is 35.0. The minimum atomic E-state index is -0.0186. The van der Waals surface area contributed by atoms with Crippen molar-refractivity contribution in [3.05, 3.63) is 215 Å². The maximum absolute atomic E-state index is 5.03. The summed E-state index contributed by atoms with van der Waals surface area (Å²) in [6, 6.07) is 61.2. The zero-order valence-corrected chi connectivity index (χ0v) is 35.9. The van der Waals surface area contributed by atoms with Crippen LogP contribution in [0.3, 0.4) is 0 Å². The number of benzene rings is 7. The monoisotopic (exact) mass is 782 g/mol. The van der Waals surface area contributed by atoms with Gasteiger partial charge in [0.2, 0.25) is 0 Å². The van der Waals surface area contributed by atoms with Gasteiger partial charge in [-0.05, 0) is 132 Å². The minimum Gasteiger partial charge on any atom is -0.143 e. The van der Waals surface area contributed by atoms with E-state index in [-0.39, 0.29) is 10.8 Å². The van der Waals surface area contributed by atoms with Gasteiger partial charge in [-0.25, -0.2) is 0 Å². The summed E-state index contributed by atoms with van der Waals surface area (Å²) in [5, 5.41) is 0. The molecule has 0 amide bonds. The van der Waals surface area contributed by atoms with Gasteiger partial charge in [-0.3, -0.25) is 0 Å². The Morgan fingerprint density at radius 3 is 1.95 bits per heavy atom. The van der Waals surface area contributed by atoms with Gasteiger partial charge in [-0.2, -0.15) is 0 Å². The highest BCUT2D eigenvalue weighted by atomic mass is 32.1. The normalized spacial score (nSPS) is 16.0. The fourth-order valence-electron chi connectivity index (χ4n) is 9.68. The van der Waals surface area contributed by atoms with Crippen LogP contribution in [-0.4, -0.2) is 0 Å². The van der Waals surface area contributed by atoms with E-state index >= 15 is 0 Å². The molecule has 0 fully saturated rings. The molecule has 0 bridgehead atoms. The molecule has 0 aromatic heterocycles. The zero-order chi connectivity index (χ0) is 40.7. The van der Waals surface area contributed by atoms with Crippen molar-refractivity contribution in [2.75, 3.05) is 0 Å². The molecule has 292 valence electrons. The Morgan fingerprint density at radius 2 is 1.22 bits per heavy atom. The Bertz CT molecular complexity index is 2690. The predicted molar refractivity (Wildman–Crippen MR) is 255 cm³/mol. The molecule has 2 aliphatic rings. The fraction of sp³-hybridized carbons (Fsp3) is 0.207. The molecule has 0 spiro atoms. The molecule has 0 heterocycles. The first-order valence-electron chi connectivity index (χ1n) is 21.3. The van der Waals surface area contributed by atoms with Gasteiger partial charge in [0.05, 0.1) is 0 Å². The molecule has 0 nitrogen and oxygen atoms in total. The highest BCUT2D eigenvalue weighted by Crippen LogP contribution is 2.51. The summed E-state index contributed by atoms with van der Waals surface area (Å²) in [4.78, 5) is 1.01. The number of fused-ring (bicyclic) bond motifs is 3. The third kappa shape index (κ3) is 7.70. The number of hydrogen-bond donors (Lipinski definition) is 1. The smallest absolute Gasteiger partial charge is 0.0158 e. The van der Waals surface area contributed by atoms with E-state index in [2.05, 4.69) is 217 Å². The molecule has 59 heavy (non-hydrogen) atoms. The lowest BCUT2D eigenvalue weighted by molar-refractivity contribution is 0.489. The largest absolute Gasteiger partial charge is 0.143 e. The van der Waals surface area contributed by atoms with Crippen LogP contribution in [0.4, 0.5) is 0 Å². The number of hydrogen-bond acceptors (Lipinski definition) is 1. The molecule has 9 rings (SSSR count). The number of thiol groups is 1. The summed E-state index contributed by atoms with van der Waals surface area (Å²) in [5.41, 5.74) is 20.0. The Balaban J connectivity index is 1.01. The van der Waals surface area contributed by atoms with Crippen LogP contribution in [0.2, 0.25) is 0 Å². The molecule has 2 atom stereocenters. The first-order chi connectivity index (χ1) is 28.5. The number of aryl methyl sites for hydroxylation is 1. The topological polar surface area (TPSA) is 0 Å². The summed E-state index contributed by atoms with van der Waals surface area (Å²) in [5.74, 6) is 0.657. The first-order valence-corrected chi connectivity index (χ1v) is 21.8.